The van der Waals surface area contributed by atoms with Crippen LogP contribution < -0.4 is 10.2 Å². The molecular weight excluding hydrogens is 258 g/mol. The molecule has 1 aliphatic rings. The zero-order valence-electron chi connectivity index (χ0n) is 14.1. The van der Waals surface area contributed by atoms with Crippen molar-refractivity contribution in [3.8, 4) is 0 Å². The number of nitrogens with zero attached hydrogens (tertiary/aromatic N) is 2. The number of hydrogen-bond donors (Lipinski definition) is 1. The Morgan fingerprint density at radius 1 is 1.29 bits per heavy atom. The van der Waals surface area contributed by atoms with Crippen molar-refractivity contribution in [1.29, 1.82) is 0 Å². The zero-order chi connectivity index (χ0) is 15.2. The molecular formula is C18H31N3. The second kappa shape index (κ2) is 7.79. The second-order valence-corrected chi connectivity index (χ2v) is 7.05. The molecule has 1 fully saturated rings. The highest BCUT2D eigenvalue weighted by Gasteiger charge is 2.23. The lowest BCUT2D eigenvalue weighted by molar-refractivity contribution is 0.340. The van der Waals surface area contributed by atoms with Crippen LogP contribution in [0.3, 0.4) is 0 Å². The molecule has 118 valence electrons. The summed E-state index contributed by atoms with van der Waals surface area (Å²) in [5.74, 6) is 1.59. The number of nitrogens with one attached hydrogen (secondary N) is 1. The van der Waals surface area contributed by atoms with Crippen LogP contribution in [0.5, 0.6) is 0 Å². The van der Waals surface area contributed by atoms with Crippen LogP contribution in [0.15, 0.2) is 18.5 Å². The standard InChI is InChI=1S/C18H31N3/c1-14(2)11-20-13-16-12-19-10-9-18(16)21(4)17-7-5-15(3)6-8-17/h9-10,12,14-15,17,20H,5-8,11,13H2,1-4H3. The summed E-state index contributed by atoms with van der Waals surface area (Å²) in [5, 5.41) is 3.54. The van der Waals surface area contributed by atoms with Gasteiger partial charge in [0, 0.05) is 43.3 Å². The lowest BCUT2D eigenvalue weighted by Crippen LogP contribution is -2.35. The maximum atomic E-state index is 4.32. The van der Waals surface area contributed by atoms with Crippen molar-refractivity contribution in [2.24, 2.45) is 11.8 Å². The fraction of sp³-hybridized carbons (Fsp3) is 0.722. The van der Waals surface area contributed by atoms with Gasteiger partial charge in [0.25, 0.3) is 0 Å². The van der Waals surface area contributed by atoms with Gasteiger partial charge in [-0.15, -0.1) is 0 Å². The molecule has 0 amide bonds. The Morgan fingerprint density at radius 2 is 2.00 bits per heavy atom. The van der Waals surface area contributed by atoms with Gasteiger partial charge in [-0.1, -0.05) is 20.8 Å². The van der Waals surface area contributed by atoms with Gasteiger partial charge in [0.05, 0.1) is 0 Å². The Morgan fingerprint density at radius 3 is 2.67 bits per heavy atom. The molecule has 3 heteroatoms. The van der Waals surface area contributed by atoms with E-state index in [9.17, 15) is 0 Å². The van der Waals surface area contributed by atoms with Crippen molar-refractivity contribution < 1.29 is 0 Å². The van der Waals surface area contributed by atoms with Crippen LogP contribution in [0.4, 0.5) is 5.69 Å². The monoisotopic (exact) mass is 289 g/mol. The van der Waals surface area contributed by atoms with Crippen molar-refractivity contribution in [2.75, 3.05) is 18.5 Å². The van der Waals surface area contributed by atoms with E-state index >= 15 is 0 Å². The molecule has 21 heavy (non-hydrogen) atoms. The Labute approximate surface area is 130 Å². The highest BCUT2D eigenvalue weighted by molar-refractivity contribution is 5.52. The van der Waals surface area contributed by atoms with Crippen molar-refractivity contribution in [2.45, 2.75) is 59.0 Å². The van der Waals surface area contributed by atoms with Crippen LogP contribution in [0, 0.1) is 11.8 Å². The third kappa shape index (κ3) is 4.70. The zero-order valence-corrected chi connectivity index (χ0v) is 14.1. The third-order valence-corrected chi connectivity index (χ3v) is 4.66. The predicted octanol–water partition coefficient (Wildman–Crippen LogP) is 3.84. The predicted molar refractivity (Wildman–Crippen MR) is 90.6 cm³/mol. The summed E-state index contributed by atoms with van der Waals surface area (Å²) in [6.45, 7) is 8.83. The van der Waals surface area contributed by atoms with Crippen molar-refractivity contribution >= 4 is 5.69 Å². The normalized spacial score (nSPS) is 22.5. The molecule has 0 atom stereocenters. The van der Waals surface area contributed by atoms with Gasteiger partial charge in [-0.3, -0.25) is 4.98 Å². The molecule has 1 saturated carbocycles. The molecule has 3 nitrogen and oxygen atoms in total. The van der Waals surface area contributed by atoms with Gasteiger partial charge in [0.2, 0.25) is 0 Å². The van der Waals surface area contributed by atoms with Gasteiger partial charge in [-0.2, -0.15) is 0 Å². The summed E-state index contributed by atoms with van der Waals surface area (Å²) < 4.78 is 0. The minimum absolute atomic E-state index is 0.683. The van der Waals surface area contributed by atoms with E-state index in [1.165, 1.54) is 36.9 Å². The number of aromatic nitrogens is 1. The SMILES string of the molecule is CC(C)CNCc1cnccc1N(C)C1CCC(C)CC1. The summed E-state index contributed by atoms with van der Waals surface area (Å²) >= 11 is 0. The van der Waals surface area contributed by atoms with Crippen LogP contribution in [0.25, 0.3) is 0 Å². The summed E-state index contributed by atoms with van der Waals surface area (Å²) in [6.07, 6.45) is 9.30. The van der Waals surface area contributed by atoms with Crippen molar-refractivity contribution in [3.63, 3.8) is 0 Å². The van der Waals surface area contributed by atoms with Crippen LogP contribution in [-0.4, -0.2) is 24.6 Å². The number of pyridine rings is 1. The molecule has 0 aliphatic heterocycles. The maximum Gasteiger partial charge on any atom is 0.0442 e. The number of rotatable bonds is 6. The van der Waals surface area contributed by atoms with E-state index in [0.717, 1.165) is 19.0 Å². The molecule has 1 aliphatic carbocycles. The lowest BCUT2D eigenvalue weighted by atomic mass is 9.86. The van der Waals surface area contributed by atoms with E-state index in [1.54, 1.807) is 0 Å². The average molecular weight is 289 g/mol. The number of hydrogen-bond acceptors (Lipinski definition) is 3. The van der Waals surface area contributed by atoms with E-state index < -0.39 is 0 Å². The van der Waals surface area contributed by atoms with Crippen molar-refractivity contribution in [3.05, 3.63) is 24.0 Å². The first-order chi connectivity index (χ1) is 10.1. The molecule has 2 rings (SSSR count). The van der Waals surface area contributed by atoms with E-state index in [1.807, 2.05) is 12.4 Å². The first-order valence-corrected chi connectivity index (χ1v) is 8.44. The van der Waals surface area contributed by atoms with Crippen LogP contribution in [0.1, 0.15) is 52.0 Å². The number of anilines is 1. The maximum absolute atomic E-state index is 4.32. The Kier molecular flexibility index (Phi) is 6.04. The van der Waals surface area contributed by atoms with E-state index in [0.29, 0.717) is 12.0 Å². The van der Waals surface area contributed by atoms with Gasteiger partial charge in [0.1, 0.15) is 0 Å². The largest absolute Gasteiger partial charge is 0.371 e. The van der Waals surface area contributed by atoms with E-state index in [-0.39, 0.29) is 0 Å². The third-order valence-electron chi connectivity index (χ3n) is 4.66. The Balaban J connectivity index is 2.01. The summed E-state index contributed by atoms with van der Waals surface area (Å²) in [4.78, 5) is 6.80. The second-order valence-electron chi connectivity index (χ2n) is 7.05. The minimum atomic E-state index is 0.683. The molecule has 1 aromatic rings. The van der Waals surface area contributed by atoms with Crippen LogP contribution >= 0.6 is 0 Å². The van der Waals surface area contributed by atoms with Gasteiger partial charge in [0.15, 0.2) is 0 Å². The summed E-state index contributed by atoms with van der Waals surface area (Å²) in [7, 11) is 2.25. The quantitative estimate of drug-likeness (QED) is 0.862. The Bertz CT molecular complexity index is 422. The molecule has 0 bridgehead atoms. The molecule has 1 aromatic heterocycles. The molecule has 1 heterocycles. The summed E-state index contributed by atoms with van der Waals surface area (Å²) in [5.41, 5.74) is 2.67. The Hall–Kier alpha value is -1.09. The van der Waals surface area contributed by atoms with E-state index in [4.69, 9.17) is 0 Å². The average Bonchev–Trinajstić information content (AvgIpc) is 2.47. The molecule has 0 spiro atoms. The molecule has 0 unspecified atom stereocenters. The fourth-order valence-electron chi connectivity index (χ4n) is 3.22. The van der Waals surface area contributed by atoms with Crippen molar-refractivity contribution in [1.82, 2.24) is 10.3 Å². The molecule has 1 N–H and O–H groups in total. The van der Waals surface area contributed by atoms with Crippen LogP contribution in [-0.2, 0) is 6.54 Å². The lowest BCUT2D eigenvalue weighted by Gasteiger charge is -2.36. The highest BCUT2D eigenvalue weighted by atomic mass is 15.1. The van der Waals surface area contributed by atoms with E-state index in [2.05, 4.69) is 49.1 Å². The van der Waals surface area contributed by atoms with Gasteiger partial charge in [-0.25, -0.2) is 0 Å². The van der Waals surface area contributed by atoms with Crippen LogP contribution in [0.2, 0.25) is 0 Å². The van der Waals surface area contributed by atoms with Gasteiger partial charge < -0.3 is 10.2 Å². The molecule has 0 aromatic carbocycles. The van der Waals surface area contributed by atoms with Gasteiger partial charge >= 0.3 is 0 Å². The first kappa shape index (κ1) is 16.3. The minimum Gasteiger partial charge on any atom is -0.371 e. The summed E-state index contributed by atoms with van der Waals surface area (Å²) in [6, 6.07) is 2.86. The molecule has 0 radical (unpaired) electrons. The first-order valence-electron chi connectivity index (χ1n) is 8.44. The fourth-order valence-corrected chi connectivity index (χ4v) is 3.22. The molecule has 0 saturated heterocycles. The smallest absolute Gasteiger partial charge is 0.0442 e. The topological polar surface area (TPSA) is 28.2 Å². The van der Waals surface area contributed by atoms with Gasteiger partial charge in [-0.05, 0) is 50.1 Å². The highest BCUT2D eigenvalue weighted by Crippen LogP contribution is 2.30.